The zero-order valence-corrected chi connectivity index (χ0v) is 24.3. The van der Waals surface area contributed by atoms with E-state index in [0.29, 0.717) is 10.9 Å². The van der Waals surface area contributed by atoms with Crippen molar-refractivity contribution in [2.75, 3.05) is 46.9 Å². The number of fused-ring (bicyclic) bond motifs is 1. The third-order valence-electron chi connectivity index (χ3n) is 8.51. The Hall–Kier alpha value is -3.74. The van der Waals surface area contributed by atoms with Gasteiger partial charge in [-0.3, -0.25) is 19.3 Å². The summed E-state index contributed by atoms with van der Waals surface area (Å²) in [7, 11) is 2.82. The molecule has 2 N–H and O–H groups in total. The van der Waals surface area contributed by atoms with Crippen LogP contribution in [0.5, 0.6) is 0 Å². The van der Waals surface area contributed by atoms with Crippen LogP contribution in [0.1, 0.15) is 49.5 Å². The van der Waals surface area contributed by atoms with Crippen molar-refractivity contribution in [2.24, 2.45) is 5.92 Å². The van der Waals surface area contributed by atoms with E-state index in [1.165, 1.54) is 27.1 Å². The van der Waals surface area contributed by atoms with Crippen LogP contribution in [0.4, 0.5) is 13.6 Å². The molecule has 2 aromatic rings. The van der Waals surface area contributed by atoms with Crippen molar-refractivity contribution in [1.82, 2.24) is 24.6 Å². The van der Waals surface area contributed by atoms with Gasteiger partial charge in [0.25, 0.3) is 5.91 Å². The molecule has 1 aliphatic carbocycles. The van der Waals surface area contributed by atoms with Gasteiger partial charge in [0.15, 0.2) is 11.6 Å². The van der Waals surface area contributed by atoms with Crippen LogP contribution in [0.3, 0.4) is 0 Å². The Morgan fingerprint density at radius 1 is 1.02 bits per heavy atom. The second-order valence-corrected chi connectivity index (χ2v) is 11.1. The number of hydrogen-bond donors (Lipinski definition) is 2. The summed E-state index contributed by atoms with van der Waals surface area (Å²) in [6, 6.07) is 1.92. The SMILES string of the molecule is COCCn1c(C(=O)N2CCN(C(=O)C(NC(=O)C(C)N(C)C(=O)O)C3CCCCC3)CC2)cc2cc(F)c(F)cc21. The maximum Gasteiger partial charge on any atom is 0.407 e. The zero-order chi connectivity index (χ0) is 30.6. The lowest BCUT2D eigenvalue weighted by Crippen LogP contribution is -2.59. The van der Waals surface area contributed by atoms with Crippen molar-refractivity contribution in [1.29, 1.82) is 0 Å². The number of amides is 4. The second-order valence-electron chi connectivity index (χ2n) is 11.1. The van der Waals surface area contributed by atoms with E-state index >= 15 is 0 Å². The Labute approximate surface area is 243 Å². The molecular formula is C29H39F2N5O6. The van der Waals surface area contributed by atoms with Gasteiger partial charge in [0.1, 0.15) is 17.8 Å². The standard InChI is InChI=1S/C29H39F2N5O6/c1-18(33(2)29(40)41)26(37)32-25(19-7-5-4-6-8-19)28(39)35-11-9-34(10-12-35)27(38)24-16-20-15-21(30)22(31)17-23(20)36(24)13-14-42-3/h15-19,25H,4-14H2,1-3H3,(H,32,37)(H,40,41). The average molecular weight is 592 g/mol. The number of likely N-dealkylation sites (N-methyl/N-ethyl adjacent to an activating group) is 1. The van der Waals surface area contributed by atoms with E-state index in [0.717, 1.165) is 49.1 Å². The number of carboxylic acid groups (broad SMARTS) is 1. The predicted molar refractivity (Wildman–Crippen MR) is 150 cm³/mol. The molecule has 2 unspecified atom stereocenters. The van der Waals surface area contributed by atoms with Crippen LogP contribution in [0.15, 0.2) is 18.2 Å². The van der Waals surface area contributed by atoms with Crippen LogP contribution in [-0.2, 0) is 20.9 Å². The summed E-state index contributed by atoms with van der Waals surface area (Å²) in [6.07, 6.45) is 3.28. The molecule has 230 valence electrons. The van der Waals surface area contributed by atoms with Gasteiger partial charge in [-0.1, -0.05) is 19.3 Å². The number of rotatable bonds is 9. The monoisotopic (exact) mass is 591 g/mol. The Morgan fingerprint density at radius 3 is 2.26 bits per heavy atom. The molecule has 13 heteroatoms. The third kappa shape index (κ3) is 6.66. The van der Waals surface area contributed by atoms with Crippen LogP contribution in [0, 0.1) is 17.6 Å². The van der Waals surface area contributed by atoms with Crippen molar-refractivity contribution in [2.45, 2.75) is 57.7 Å². The topological polar surface area (TPSA) is 124 Å². The molecular weight excluding hydrogens is 552 g/mol. The first-order valence-electron chi connectivity index (χ1n) is 14.3. The van der Waals surface area contributed by atoms with E-state index in [4.69, 9.17) is 4.74 Å². The predicted octanol–water partition coefficient (Wildman–Crippen LogP) is 2.91. The van der Waals surface area contributed by atoms with Crippen molar-refractivity contribution >= 4 is 34.7 Å². The number of benzene rings is 1. The van der Waals surface area contributed by atoms with Crippen LogP contribution in [0.25, 0.3) is 10.9 Å². The highest BCUT2D eigenvalue weighted by atomic mass is 19.2. The van der Waals surface area contributed by atoms with Gasteiger partial charge in [-0.15, -0.1) is 0 Å². The number of piperazine rings is 1. The molecule has 2 fully saturated rings. The van der Waals surface area contributed by atoms with Gasteiger partial charge in [-0.2, -0.15) is 0 Å². The molecule has 4 amide bonds. The zero-order valence-electron chi connectivity index (χ0n) is 24.3. The van der Waals surface area contributed by atoms with E-state index in [-0.39, 0.29) is 62.8 Å². The minimum Gasteiger partial charge on any atom is -0.465 e. The summed E-state index contributed by atoms with van der Waals surface area (Å²) in [6.45, 7) is 2.98. The molecule has 0 spiro atoms. The molecule has 0 bridgehead atoms. The molecule has 2 aliphatic rings. The highest BCUT2D eigenvalue weighted by Crippen LogP contribution is 2.28. The molecule has 2 heterocycles. The minimum atomic E-state index is -1.24. The highest BCUT2D eigenvalue weighted by Gasteiger charge is 2.37. The van der Waals surface area contributed by atoms with Crippen molar-refractivity contribution < 1.29 is 37.8 Å². The van der Waals surface area contributed by atoms with Crippen molar-refractivity contribution in [3.63, 3.8) is 0 Å². The third-order valence-corrected chi connectivity index (χ3v) is 8.51. The van der Waals surface area contributed by atoms with Gasteiger partial charge in [-0.05, 0) is 37.8 Å². The van der Waals surface area contributed by atoms with E-state index in [1.807, 2.05) is 0 Å². The fourth-order valence-corrected chi connectivity index (χ4v) is 5.81. The van der Waals surface area contributed by atoms with Gasteiger partial charge in [0.2, 0.25) is 11.8 Å². The number of carbonyl (C=O) groups is 4. The van der Waals surface area contributed by atoms with E-state index < -0.39 is 35.7 Å². The molecule has 0 radical (unpaired) electrons. The molecule has 1 saturated carbocycles. The fourth-order valence-electron chi connectivity index (χ4n) is 5.81. The summed E-state index contributed by atoms with van der Waals surface area (Å²) in [5, 5.41) is 12.5. The Kier molecular flexibility index (Phi) is 10.0. The number of nitrogens with one attached hydrogen (secondary N) is 1. The summed E-state index contributed by atoms with van der Waals surface area (Å²) in [4.78, 5) is 55.8. The molecule has 1 aromatic heterocycles. The molecule has 42 heavy (non-hydrogen) atoms. The Balaban J connectivity index is 1.48. The molecule has 1 aromatic carbocycles. The normalized spacial score (nSPS) is 17.6. The Bertz CT molecular complexity index is 1320. The van der Waals surface area contributed by atoms with Gasteiger partial charge >= 0.3 is 6.09 Å². The number of nitrogens with zero attached hydrogens (tertiary/aromatic N) is 4. The van der Waals surface area contributed by atoms with E-state index in [2.05, 4.69) is 5.32 Å². The number of aromatic nitrogens is 1. The molecule has 2 atom stereocenters. The summed E-state index contributed by atoms with van der Waals surface area (Å²) in [5.41, 5.74) is 0.660. The smallest absolute Gasteiger partial charge is 0.407 e. The summed E-state index contributed by atoms with van der Waals surface area (Å²) in [5.74, 6) is -3.16. The second kappa shape index (κ2) is 13.5. The maximum absolute atomic E-state index is 14.0. The lowest BCUT2D eigenvalue weighted by atomic mass is 9.83. The summed E-state index contributed by atoms with van der Waals surface area (Å²) < 4.78 is 34.7. The lowest BCUT2D eigenvalue weighted by Gasteiger charge is -2.39. The quantitative estimate of drug-likeness (QED) is 0.462. The number of carbonyl (C=O) groups excluding carboxylic acids is 3. The minimum absolute atomic E-state index is 0.0607. The number of halogens is 2. The number of ether oxygens (including phenoxy) is 1. The molecule has 4 rings (SSSR count). The van der Waals surface area contributed by atoms with Crippen LogP contribution in [-0.4, -0.2) is 107 Å². The number of methoxy groups -OCH3 is 1. The lowest BCUT2D eigenvalue weighted by molar-refractivity contribution is -0.140. The molecule has 1 aliphatic heterocycles. The van der Waals surface area contributed by atoms with Crippen molar-refractivity contribution in [3.8, 4) is 0 Å². The number of hydrogen-bond acceptors (Lipinski definition) is 5. The molecule has 1 saturated heterocycles. The van der Waals surface area contributed by atoms with E-state index in [9.17, 15) is 33.1 Å². The van der Waals surface area contributed by atoms with Crippen molar-refractivity contribution in [3.05, 3.63) is 35.5 Å². The van der Waals surface area contributed by atoms with Gasteiger partial charge in [0.05, 0.1) is 12.1 Å². The van der Waals surface area contributed by atoms with Crippen LogP contribution in [0.2, 0.25) is 0 Å². The maximum atomic E-state index is 14.0. The van der Waals surface area contributed by atoms with Crippen LogP contribution >= 0.6 is 0 Å². The fraction of sp³-hybridized carbons (Fsp3) is 0.586. The average Bonchev–Trinajstić information content (AvgIpc) is 3.34. The first-order valence-corrected chi connectivity index (χ1v) is 14.3. The first-order chi connectivity index (χ1) is 20.0. The van der Waals surface area contributed by atoms with Gasteiger partial charge in [-0.25, -0.2) is 13.6 Å². The van der Waals surface area contributed by atoms with Gasteiger partial charge in [0, 0.05) is 58.3 Å². The highest BCUT2D eigenvalue weighted by molar-refractivity contribution is 5.99. The van der Waals surface area contributed by atoms with E-state index in [1.54, 1.807) is 14.4 Å². The Morgan fingerprint density at radius 2 is 1.64 bits per heavy atom. The van der Waals surface area contributed by atoms with Gasteiger partial charge < -0.3 is 29.5 Å². The first kappa shape index (κ1) is 31.2. The molecule has 11 nitrogen and oxygen atoms in total. The van der Waals surface area contributed by atoms with Crippen LogP contribution < -0.4 is 5.32 Å². The summed E-state index contributed by atoms with van der Waals surface area (Å²) >= 11 is 0. The largest absolute Gasteiger partial charge is 0.465 e.